The van der Waals surface area contributed by atoms with Crippen LogP contribution in [-0.2, 0) is 6.54 Å². The van der Waals surface area contributed by atoms with Gasteiger partial charge in [-0.1, -0.05) is 64.4 Å². The van der Waals surface area contributed by atoms with Crippen LogP contribution in [0, 0.1) is 0 Å². The van der Waals surface area contributed by atoms with E-state index in [0.717, 1.165) is 13.0 Å². The van der Waals surface area contributed by atoms with E-state index in [1.54, 1.807) is 30.5 Å². The summed E-state index contributed by atoms with van der Waals surface area (Å²) in [6.07, 6.45) is 15.2. The summed E-state index contributed by atoms with van der Waals surface area (Å²) in [5, 5.41) is 10.4. The van der Waals surface area contributed by atoms with E-state index < -0.39 is 6.10 Å². The van der Waals surface area contributed by atoms with Crippen molar-refractivity contribution in [3.63, 3.8) is 0 Å². The molecule has 0 radical (unpaired) electrons. The number of rotatable bonds is 14. The average Bonchev–Trinajstić information content (AvgIpc) is 2.75. The maximum Gasteiger partial charge on any atom is 0.260 e. The van der Waals surface area contributed by atoms with E-state index in [2.05, 4.69) is 11.9 Å². The number of aromatic nitrogens is 2. The number of hydrogen-bond donors (Lipinski definition) is 1. The summed E-state index contributed by atoms with van der Waals surface area (Å²) in [6, 6.07) is 10.8. The van der Waals surface area contributed by atoms with Crippen molar-refractivity contribution >= 4 is 5.78 Å². The number of halogens is 1. The van der Waals surface area contributed by atoms with Gasteiger partial charge in [-0.05, 0) is 24.6 Å². The van der Waals surface area contributed by atoms with Crippen molar-refractivity contribution in [1.82, 2.24) is 4.98 Å². The highest BCUT2D eigenvalue weighted by Gasteiger charge is 2.27. The third-order valence-electron chi connectivity index (χ3n) is 5.16. The summed E-state index contributed by atoms with van der Waals surface area (Å²) in [5.41, 5.74) is 0.929. The number of hydrogen-bond acceptors (Lipinski definition) is 3. The molecule has 2 aromatic heterocycles. The highest BCUT2D eigenvalue weighted by molar-refractivity contribution is 5.96. The SMILES string of the molecule is CCCCCCCCCCCC[n+]1ccccc1C(=O)C(O)c1ccccn1.[Br-]. The van der Waals surface area contributed by atoms with E-state index in [1.165, 1.54) is 57.8 Å². The normalized spacial score (nSPS) is 11.7. The number of carbonyl (C=O) groups is 1. The molecule has 1 N–H and O–H groups in total. The van der Waals surface area contributed by atoms with Gasteiger partial charge in [0.15, 0.2) is 12.3 Å². The average molecular weight is 463 g/mol. The van der Waals surface area contributed by atoms with E-state index in [1.807, 2.05) is 22.9 Å². The Bertz CT molecular complexity index is 694. The highest BCUT2D eigenvalue weighted by atomic mass is 79.9. The number of ketones is 1. The van der Waals surface area contributed by atoms with Crippen molar-refractivity contribution in [2.75, 3.05) is 0 Å². The minimum atomic E-state index is -1.22. The molecule has 0 saturated carbocycles. The Labute approximate surface area is 186 Å². The first kappa shape index (κ1) is 25.4. The molecule has 0 bridgehead atoms. The lowest BCUT2D eigenvalue weighted by atomic mass is 10.1. The Hall–Kier alpha value is -1.59. The van der Waals surface area contributed by atoms with Crippen LogP contribution in [0.25, 0.3) is 0 Å². The second-order valence-corrected chi connectivity index (χ2v) is 7.48. The molecule has 29 heavy (non-hydrogen) atoms. The standard InChI is InChI=1S/C24H35N2O2.BrH/c1-2-3-4-5-6-7-8-9-10-14-19-26-20-15-12-17-22(26)24(28)23(27)21-16-11-13-18-25-21;/h11-13,15-18,20,23,27H,2-10,14,19H2,1H3;1H/q+1;/p-1. The molecule has 4 nitrogen and oxygen atoms in total. The van der Waals surface area contributed by atoms with Gasteiger partial charge in [0.25, 0.3) is 11.5 Å². The summed E-state index contributed by atoms with van der Waals surface area (Å²) in [4.78, 5) is 16.8. The maximum absolute atomic E-state index is 12.7. The molecule has 0 aliphatic rings. The summed E-state index contributed by atoms with van der Waals surface area (Å²) in [7, 11) is 0. The van der Waals surface area contributed by atoms with Gasteiger partial charge in [-0.3, -0.25) is 9.78 Å². The Kier molecular flexibility index (Phi) is 13.4. The summed E-state index contributed by atoms with van der Waals surface area (Å²) < 4.78 is 1.96. The van der Waals surface area contributed by atoms with Crippen molar-refractivity contribution in [1.29, 1.82) is 0 Å². The van der Waals surface area contributed by atoms with Crippen molar-refractivity contribution in [2.45, 2.75) is 83.8 Å². The summed E-state index contributed by atoms with van der Waals surface area (Å²) >= 11 is 0. The molecule has 0 fully saturated rings. The Morgan fingerprint density at radius 3 is 2.17 bits per heavy atom. The van der Waals surface area contributed by atoms with Crippen molar-refractivity contribution < 1.29 is 31.4 Å². The number of aliphatic hydroxyl groups excluding tert-OH is 1. The number of aliphatic hydroxyl groups is 1. The van der Waals surface area contributed by atoms with Gasteiger partial charge in [-0.25, -0.2) is 0 Å². The third kappa shape index (κ3) is 9.18. The minimum absolute atomic E-state index is 0. The van der Waals surface area contributed by atoms with Crippen LogP contribution in [0.5, 0.6) is 0 Å². The van der Waals surface area contributed by atoms with E-state index in [0.29, 0.717) is 11.4 Å². The van der Waals surface area contributed by atoms with E-state index in [9.17, 15) is 9.90 Å². The smallest absolute Gasteiger partial charge is 0.260 e. The lowest BCUT2D eigenvalue weighted by Crippen LogP contribution is -3.00. The van der Waals surface area contributed by atoms with Crippen LogP contribution in [0.3, 0.4) is 0 Å². The molecule has 1 unspecified atom stereocenters. The maximum atomic E-state index is 12.7. The zero-order valence-electron chi connectivity index (χ0n) is 17.6. The lowest BCUT2D eigenvalue weighted by Gasteiger charge is -2.09. The van der Waals surface area contributed by atoms with Gasteiger partial charge < -0.3 is 22.1 Å². The van der Waals surface area contributed by atoms with Crippen LogP contribution in [0.2, 0.25) is 0 Å². The molecule has 0 saturated heterocycles. The van der Waals surface area contributed by atoms with E-state index in [-0.39, 0.29) is 22.8 Å². The number of nitrogens with zero attached hydrogens (tertiary/aromatic N) is 2. The molecular weight excluding hydrogens is 428 g/mol. The van der Waals surface area contributed by atoms with Gasteiger partial charge in [-0.2, -0.15) is 4.57 Å². The van der Waals surface area contributed by atoms with Crippen LogP contribution in [-0.4, -0.2) is 15.9 Å². The van der Waals surface area contributed by atoms with Crippen LogP contribution < -0.4 is 21.5 Å². The molecular formula is C24H35BrN2O2. The van der Waals surface area contributed by atoms with Gasteiger partial charge >= 0.3 is 0 Å². The predicted octanol–water partition coefficient (Wildman–Crippen LogP) is 2.21. The molecule has 0 aromatic carbocycles. The van der Waals surface area contributed by atoms with Gasteiger partial charge in [0.2, 0.25) is 0 Å². The summed E-state index contributed by atoms with van der Waals surface area (Å²) in [5.74, 6) is -0.300. The molecule has 2 heterocycles. The van der Waals surface area contributed by atoms with Crippen LogP contribution in [0.1, 0.15) is 93.4 Å². The molecule has 1 atom stereocenters. The first-order chi connectivity index (χ1) is 13.7. The molecule has 2 aromatic rings. The number of unbranched alkanes of at least 4 members (excludes halogenated alkanes) is 9. The van der Waals surface area contributed by atoms with Crippen molar-refractivity contribution in [3.05, 3.63) is 60.2 Å². The molecule has 5 heteroatoms. The van der Waals surface area contributed by atoms with Gasteiger partial charge in [-0.15, -0.1) is 0 Å². The first-order valence-electron chi connectivity index (χ1n) is 10.9. The number of carbonyl (C=O) groups excluding carboxylic acids is 1. The Balaban J connectivity index is 0.00000420. The fourth-order valence-corrected chi connectivity index (χ4v) is 3.48. The zero-order valence-corrected chi connectivity index (χ0v) is 19.2. The van der Waals surface area contributed by atoms with Gasteiger partial charge in [0, 0.05) is 24.8 Å². The molecule has 0 aliphatic heterocycles. The number of pyridine rings is 2. The van der Waals surface area contributed by atoms with Crippen LogP contribution in [0.4, 0.5) is 0 Å². The van der Waals surface area contributed by atoms with E-state index >= 15 is 0 Å². The van der Waals surface area contributed by atoms with Gasteiger partial charge in [0.1, 0.15) is 6.54 Å². The molecule has 160 valence electrons. The van der Waals surface area contributed by atoms with Crippen molar-refractivity contribution in [3.8, 4) is 0 Å². The number of aryl methyl sites for hydroxylation is 1. The van der Waals surface area contributed by atoms with Gasteiger partial charge in [0.05, 0.1) is 5.69 Å². The summed E-state index contributed by atoms with van der Waals surface area (Å²) in [6.45, 7) is 3.05. The second-order valence-electron chi connectivity index (χ2n) is 7.48. The Morgan fingerprint density at radius 1 is 0.931 bits per heavy atom. The van der Waals surface area contributed by atoms with Crippen LogP contribution in [0.15, 0.2) is 48.8 Å². The second kappa shape index (κ2) is 15.3. The van der Waals surface area contributed by atoms with Crippen LogP contribution >= 0.6 is 0 Å². The number of Topliss-reactive ketones (excluding diaryl/α,β-unsaturated/α-hetero) is 1. The predicted molar refractivity (Wildman–Crippen MR) is 112 cm³/mol. The fraction of sp³-hybridized carbons (Fsp3) is 0.542. The fourth-order valence-electron chi connectivity index (χ4n) is 3.48. The van der Waals surface area contributed by atoms with E-state index in [4.69, 9.17) is 0 Å². The quantitative estimate of drug-likeness (QED) is 0.266. The topological polar surface area (TPSA) is 54.1 Å². The van der Waals surface area contributed by atoms with Crippen molar-refractivity contribution in [2.24, 2.45) is 0 Å². The largest absolute Gasteiger partial charge is 1.00 e. The Morgan fingerprint density at radius 2 is 1.55 bits per heavy atom. The molecule has 0 aliphatic carbocycles. The third-order valence-corrected chi connectivity index (χ3v) is 5.16. The zero-order chi connectivity index (χ0) is 20.0. The molecule has 0 spiro atoms. The molecule has 2 rings (SSSR count). The first-order valence-corrected chi connectivity index (χ1v) is 10.9. The minimum Gasteiger partial charge on any atom is -1.00 e. The highest BCUT2D eigenvalue weighted by Crippen LogP contribution is 2.15. The lowest BCUT2D eigenvalue weighted by molar-refractivity contribution is -0.699. The monoisotopic (exact) mass is 462 g/mol. The molecule has 0 amide bonds.